The second-order valence-electron chi connectivity index (χ2n) is 5.43. The predicted molar refractivity (Wildman–Crippen MR) is 67.5 cm³/mol. The van der Waals surface area contributed by atoms with Crippen molar-refractivity contribution in [2.45, 2.75) is 65.0 Å². The predicted octanol–water partition coefficient (Wildman–Crippen LogP) is 1.69. The van der Waals surface area contributed by atoms with E-state index in [1.54, 1.807) is 13.8 Å². The maximum Gasteiger partial charge on any atom is 0.247 e. The van der Waals surface area contributed by atoms with Crippen LogP contribution in [-0.2, 0) is 9.59 Å². The normalized spacial score (nSPS) is 24.5. The lowest BCUT2D eigenvalue weighted by molar-refractivity contribution is -0.138. The largest absolute Gasteiger partial charge is 0.342 e. The fraction of sp³-hybridized carbons (Fsp3) is 0.846. The minimum absolute atomic E-state index is 0.00105. The summed E-state index contributed by atoms with van der Waals surface area (Å²) in [6, 6.07) is 0.00105. The molecule has 1 saturated heterocycles. The smallest absolute Gasteiger partial charge is 0.247 e. The van der Waals surface area contributed by atoms with Crippen LogP contribution in [0.3, 0.4) is 0 Å². The molecular formula is C13H24N2O2. The van der Waals surface area contributed by atoms with Crippen molar-refractivity contribution in [2.24, 2.45) is 0 Å². The van der Waals surface area contributed by atoms with Crippen LogP contribution in [0.4, 0.5) is 0 Å². The number of hydrogen-bond acceptors (Lipinski definition) is 2. The highest BCUT2D eigenvalue weighted by Gasteiger charge is 2.38. The van der Waals surface area contributed by atoms with Crippen molar-refractivity contribution >= 4 is 11.8 Å². The Labute approximate surface area is 104 Å². The second kappa shape index (κ2) is 5.52. The first-order valence-electron chi connectivity index (χ1n) is 6.50. The van der Waals surface area contributed by atoms with Gasteiger partial charge in [0.2, 0.25) is 11.8 Å². The highest BCUT2D eigenvalue weighted by molar-refractivity contribution is 5.93. The fourth-order valence-corrected chi connectivity index (χ4v) is 2.24. The number of carbonyl (C=O) groups is 2. The van der Waals surface area contributed by atoms with Crippen molar-refractivity contribution in [3.8, 4) is 0 Å². The van der Waals surface area contributed by atoms with E-state index in [2.05, 4.69) is 12.2 Å². The standard InChI is InChI=1S/C13H24N2O2/c1-5-6-7-8-15-10(2)9-11(16)14-13(3,4)12(15)17/h10H,5-9H2,1-4H3,(H,14,16). The molecule has 98 valence electrons. The van der Waals surface area contributed by atoms with Gasteiger partial charge in [0.25, 0.3) is 0 Å². The maximum absolute atomic E-state index is 12.3. The Bertz CT molecular complexity index is 300. The molecule has 0 spiro atoms. The Hall–Kier alpha value is -1.06. The lowest BCUT2D eigenvalue weighted by Gasteiger charge is -2.32. The molecule has 4 nitrogen and oxygen atoms in total. The van der Waals surface area contributed by atoms with Crippen molar-refractivity contribution in [3.05, 3.63) is 0 Å². The van der Waals surface area contributed by atoms with Crippen molar-refractivity contribution in [3.63, 3.8) is 0 Å². The summed E-state index contributed by atoms with van der Waals surface area (Å²) >= 11 is 0. The molecule has 17 heavy (non-hydrogen) atoms. The van der Waals surface area contributed by atoms with E-state index in [0.717, 1.165) is 25.8 Å². The fourth-order valence-electron chi connectivity index (χ4n) is 2.24. The zero-order valence-electron chi connectivity index (χ0n) is 11.4. The SMILES string of the molecule is CCCCCN1C(=O)C(C)(C)NC(=O)CC1C. The molecule has 0 saturated carbocycles. The van der Waals surface area contributed by atoms with Crippen molar-refractivity contribution < 1.29 is 9.59 Å². The monoisotopic (exact) mass is 240 g/mol. The summed E-state index contributed by atoms with van der Waals surface area (Å²) in [6.07, 6.45) is 3.67. The maximum atomic E-state index is 12.3. The number of amides is 2. The van der Waals surface area contributed by atoms with Crippen molar-refractivity contribution in [1.29, 1.82) is 0 Å². The number of nitrogens with one attached hydrogen (secondary N) is 1. The van der Waals surface area contributed by atoms with Crippen LogP contribution in [-0.4, -0.2) is 34.8 Å². The first kappa shape index (κ1) is 14.0. The molecule has 1 fully saturated rings. The molecule has 1 heterocycles. The van der Waals surface area contributed by atoms with Gasteiger partial charge < -0.3 is 10.2 Å². The number of nitrogens with zero attached hydrogens (tertiary/aromatic N) is 1. The van der Waals surface area contributed by atoms with Crippen LogP contribution < -0.4 is 5.32 Å². The first-order chi connectivity index (χ1) is 7.88. The molecule has 1 aliphatic rings. The van der Waals surface area contributed by atoms with E-state index in [0.29, 0.717) is 6.42 Å². The van der Waals surface area contributed by atoms with Gasteiger partial charge in [-0.15, -0.1) is 0 Å². The van der Waals surface area contributed by atoms with Crippen molar-refractivity contribution in [1.82, 2.24) is 10.2 Å². The third-order valence-corrected chi connectivity index (χ3v) is 3.26. The van der Waals surface area contributed by atoms with Crippen LogP contribution in [0.15, 0.2) is 0 Å². The Kier molecular flexibility index (Phi) is 4.54. The highest BCUT2D eigenvalue weighted by Crippen LogP contribution is 2.18. The summed E-state index contributed by atoms with van der Waals surface area (Å²) in [5, 5.41) is 2.79. The van der Waals surface area contributed by atoms with E-state index >= 15 is 0 Å². The van der Waals surface area contributed by atoms with E-state index in [4.69, 9.17) is 0 Å². The van der Waals surface area contributed by atoms with E-state index in [-0.39, 0.29) is 17.9 Å². The summed E-state index contributed by atoms with van der Waals surface area (Å²) in [4.78, 5) is 25.8. The van der Waals surface area contributed by atoms with E-state index in [9.17, 15) is 9.59 Å². The minimum Gasteiger partial charge on any atom is -0.342 e. The molecule has 0 radical (unpaired) electrons. The van der Waals surface area contributed by atoms with Gasteiger partial charge in [0.1, 0.15) is 5.54 Å². The van der Waals surface area contributed by atoms with Crippen LogP contribution >= 0.6 is 0 Å². The molecule has 0 aromatic heterocycles. The van der Waals surface area contributed by atoms with Gasteiger partial charge in [-0.25, -0.2) is 0 Å². The molecule has 2 amide bonds. The minimum atomic E-state index is -0.770. The van der Waals surface area contributed by atoms with Gasteiger partial charge in [-0.2, -0.15) is 0 Å². The molecule has 0 aromatic carbocycles. The quantitative estimate of drug-likeness (QED) is 0.760. The van der Waals surface area contributed by atoms with E-state index < -0.39 is 5.54 Å². The van der Waals surface area contributed by atoms with Gasteiger partial charge in [-0.1, -0.05) is 19.8 Å². The Morgan fingerprint density at radius 3 is 2.59 bits per heavy atom. The Morgan fingerprint density at radius 1 is 1.35 bits per heavy atom. The van der Waals surface area contributed by atoms with Gasteiger partial charge in [0, 0.05) is 19.0 Å². The zero-order chi connectivity index (χ0) is 13.1. The molecule has 1 atom stereocenters. The summed E-state index contributed by atoms with van der Waals surface area (Å²) in [7, 11) is 0. The Morgan fingerprint density at radius 2 is 2.00 bits per heavy atom. The Balaban J connectivity index is 2.77. The topological polar surface area (TPSA) is 49.4 Å². The van der Waals surface area contributed by atoms with Crippen LogP contribution in [0.1, 0.15) is 53.4 Å². The van der Waals surface area contributed by atoms with Crippen LogP contribution in [0.25, 0.3) is 0 Å². The van der Waals surface area contributed by atoms with Gasteiger partial charge in [0.15, 0.2) is 0 Å². The molecular weight excluding hydrogens is 216 g/mol. The van der Waals surface area contributed by atoms with Crippen LogP contribution in [0.2, 0.25) is 0 Å². The number of unbranched alkanes of at least 4 members (excludes halogenated alkanes) is 2. The van der Waals surface area contributed by atoms with Gasteiger partial charge in [0.05, 0.1) is 0 Å². The van der Waals surface area contributed by atoms with Crippen LogP contribution in [0, 0.1) is 0 Å². The third-order valence-electron chi connectivity index (χ3n) is 3.26. The third kappa shape index (κ3) is 3.45. The molecule has 0 bridgehead atoms. The summed E-state index contributed by atoms with van der Waals surface area (Å²) in [6.45, 7) is 8.40. The molecule has 1 N–H and O–H groups in total. The van der Waals surface area contributed by atoms with Gasteiger partial charge in [-0.3, -0.25) is 9.59 Å². The summed E-state index contributed by atoms with van der Waals surface area (Å²) in [5.74, 6) is 0.000736. The average molecular weight is 240 g/mol. The zero-order valence-corrected chi connectivity index (χ0v) is 11.4. The van der Waals surface area contributed by atoms with Gasteiger partial charge in [-0.05, 0) is 27.2 Å². The lowest BCUT2D eigenvalue weighted by atomic mass is 10.0. The summed E-state index contributed by atoms with van der Waals surface area (Å²) in [5.41, 5.74) is -0.770. The van der Waals surface area contributed by atoms with E-state index in [1.807, 2.05) is 11.8 Å². The second-order valence-corrected chi connectivity index (χ2v) is 5.43. The lowest BCUT2D eigenvalue weighted by Crippen LogP contribution is -2.53. The van der Waals surface area contributed by atoms with Crippen LogP contribution in [0.5, 0.6) is 0 Å². The van der Waals surface area contributed by atoms with Crippen molar-refractivity contribution in [2.75, 3.05) is 6.54 Å². The number of rotatable bonds is 4. The number of carbonyl (C=O) groups excluding carboxylic acids is 2. The summed E-state index contributed by atoms with van der Waals surface area (Å²) < 4.78 is 0. The molecule has 4 heteroatoms. The molecule has 1 rings (SSSR count). The molecule has 0 aliphatic carbocycles. The number of hydrogen-bond donors (Lipinski definition) is 1. The average Bonchev–Trinajstić information content (AvgIpc) is 2.27. The highest BCUT2D eigenvalue weighted by atomic mass is 16.2. The van der Waals surface area contributed by atoms with Gasteiger partial charge >= 0.3 is 0 Å². The molecule has 1 unspecified atom stereocenters. The molecule has 1 aliphatic heterocycles. The first-order valence-corrected chi connectivity index (χ1v) is 6.50. The molecule has 0 aromatic rings. The van der Waals surface area contributed by atoms with E-state index in [1.165, 1.54) is 0 Å².